The summed E-state index contributed by atoms with van der Waals surface area (Å²) in [5.74, 6) is 0. The highest BCUT2D eigenvalue weighted by Crippen LogP contribution is 2.43. The Hall–Kier alpha value is -2.44. The van der Waals surface area contributed by atoms with Gasteiger partial charge in [-0.3, -0.25) is 0 Å². The maximum Gasteiger partial charge on any atom is 0.187 e. The van der Waals surface area contributed by atoms with Crippen LogP contribution in [0.5, 0.6) is 0 Å². The molecule has 0 bridgehead atoms. The molecular formula is C72H122O61. The first-order valence-corrected chi connectivity index (χ1v) is 42.2. The van der Waals surface area contributed by atoms with Crippen molar-refractivity contribution < 1.29 is 303 Å². The summed E-state index contributed by atoms with van der Waals surface area (Å²) in [6.45, 7) is -13.1. The maximum absolute atomic E-state index is 11.6. The Balaban J connectivity index is 0.602. The molecular weight excluding hydrogens is 1840 g/mol. The van der Waals surface area contributed by atoms with Gasteiger partial charge in [0.2, 0.25) is 0 Å². The molecule has 0 aromatic heterocycles. The highest BCUT2D eigenvalue weighted by molar-refractivity contribution is 5.05. The summed E-state index contributed by atoms with van der Waals surface area (Å²) in [6.07, 6.45) is -123. The summed E-state index contributed by atoms with van der Waals surface area (Å²) in [5, 5.41) is 413. The molecule has 0 radical (unpaired) electrons. The van der Waals surface area contributed by atoms with E-state index in [-0.39, 0.29) is 0 Å². The van der Waals surface area contributed by atoms with Crippen LogP contribution in [0.4, 0.5) is 0 Å². The van der Waals surface area contributed by atoms with Crippen LogP contribution in [0.15, 0.2) is 0 Å². The molecule has 0 aliphatic carbocycles. The van der Waals surface area contributed by atoms with E-state index in [0.29, 0.717) is 0 Å². The smallest absolute Gasteiger partial charge is 0.187 e. The van der Waals surface area contributed by atoms with Crippen molar-refractivity contribution in [3.8, 4) is 0 Å². The minimum atomic E-state index is -2.36. The molecule has 38 N–H and O–H groups in total. The average molecular weight is 1960 g/mol. The van der Waals surface area contributed by atoms with Gasteiger partial charge in [0.25, 0.3) is 0 Å². The zero-order valence-corrected chi connectivity index (χ0v) is 69.5. The first-order chi connectivity index (χ1) is 63.2. The molecule has 133 heavy (non-hydrogen) atoms. The lowest BCUT2D eigenvalue weighted by Gasteiger charge is -2.50. The maximum atomic E-state index is 11.6. The third kappa shape index (κ3) is 22.6. The van der Waals surface area contributed by atoms with Crippen molar-refractivity contribution in [3.05, 3.63) is 0 Å². The third-order valence-electron chi connectivity index (χ3n) is 25.1. The average Bonchev–Trinajstić information content (AvgIpc) is 0.745. The van der Waals surface area contributed by atoms with Crippen LogP contribution in [0.3, 0.4) is 0 Å². The molecule has 61 heteroatoms. The highest BCUT2D eigenvalue weighted by Gasteiger charge is 2.63. The number of rotatable bonds is 34. The number of aliphatic hydroxyl groups excluding tert-OH is 38. The quantitative estimate of drug-likeness (QED) is 0.0284. The minimum absolute atomic E-state index is 0.879. The molecule has 60 atom stereocenters. The fraction of sp³-hybridized carbons (Fsp3) is 1.00. The summed E-state index contributed by atoms with van der Waals surface area (Å²) in [6, 6.07) is 0. The molecule has 0 saturated carbocycles. The van der Waals surface area contributed by atoms with Crippen molar-refractivity contribution >= 4 is 0 Å². The summed E-state index contributed by atoms with van der Waals surface area (Å²) in [7, 11) is 0. The van der Waals surface area contributed by atoms with Gasteiger partial charge < -0.3 is 303 Å². The fourth-order valence-corrected chi connectivity index (χ4v) is 17.4. The third-order valence-corrected chi connectivity index (χ3v) is 25.1. The lowest BCUT2D eigenvalue weighted by atomic mass is 9.95. The molecule has 12 aliphatic rings. The van der Waals surface area contributed by atoms with E-state index in [1.165, 1.54) is 0 Å². The van der Waals surface area contributed by atoms with Crippen molar-refractivity contribution in [2.24, 2.45) is 0 Å². The van der Waals surface area contributed by atoms with E-state index in [1.54, 1.807) is 0 Å². The van der Waals surface area contributed by atoms with Gasteiger partial charge in [-0.25, -0.2) is 0 Å². The van der Waals surface area contributed by atoms with E-state index in [2.05, 4.69) is 0 Å². The molecule has 12 saturated heterocycles. The van der Waals surface area contributed by atoms with E-state index < -0.39 is 448 Å². The van der Waals surface area contributed by atoms with Gasteiger partial charge in [-0.15, -0.1) is 0 Å². The van der Waals surface area contributed by atoms with Crippen LogP contribution in [0.25, 0.3) is 0 Å². The second-order valence-corrected chi connectivity index (χ2v) is 33.6. The molecule has 0 unspecified atom stereocenters. The highest BCUT2D eigenvalue weighted by atomic mass is 16.8. The van der Waals surface area contributed by atoms with E-state index in [1.807, 2.05) is 0 Å². The van der Waals surface area contributed by atoms with Crippen molar-refractivity contribution in [1.82, 2.24) is 0 Å². The van der Waals surface area contributed by atoms with Crippen LogP contribution >= 0.6 is 0 Å². The van der Waals surface area contributed by atoms with Crippen LogP contribution in [-0.4, -0.2) is 642 Å². The zero-order chi connectivity index (χ0) is 97.4. The van der Waals surface area contributed by atoms with Gasteiger partial charge in [-0.2, -0.15) is 0 Å². The van der Waals surface area contributed by atoms with Crippen LogP contribution in [0.2, 0.25) is 0 Å². The number of hydrogen-bond acceptors (Lipinski definition) is 61. The summed E-state index contributed by atoms with van der Waals surface area (Å²) < 4.78 is 129. The molecule has 12 heterocycles. The second kappa shape index (κ2) is 47.4. The minimum Gasteiger partial charge on any atom is -0.394 e. The predicted molar refractivity (Wildman–Crippen MR) is 395 cm³/mol. The van der Waals surface area contributed by atoms with E-state index in [9.17, 15) is 194 Å². The van der Waals surface area contributed by atoms with Gasteiger partial charge in [0.1, 0.15) is 293 Å². The van der Waals surface area contributed by atoms with Crippen LogP contribution in [0.1, 0.15) is 0 Å². The molecule has 12 rings (SSSR count). The topological polar surface area (TPSA) is 981 Å². The number of aliphatic hydroxyl groups is 38. The molecule has 0 aromatic carbocycles. The van der Waals surface area contributed by atoms with Gasteiger partial charge in [0.05, 0.1) is 79.3 Å². The lowest BCUT2D eigenvalue weighted by molar-refractivity contribution is -0.401. The first-order valence-electron chi connectivity index (χ1n) is 42.2. The predicted octanol–water partition coefficient (Wildman–Crippen LogP) is -27.2. The molecule has 61 nitrogen and oxygen atoms in total. The van der Waals surface area contributed by atoms with Gasteiger partial charge in [-0.05, 0) is 0 Å². The first kappa shape index (κ1) is 109. The van der Waals surface area contributed by atoms with E-state index in [4.69, 9.17) is 109 Å². The van der Waals surface area contributed by atoms with Crippen LogP contribution < -0.4 is 0 Å². The Morgan fingerprint density at radius 1 is 0.113 bits per heavy atom. The Bertz CT molecular complexity index is 3340. The molecule has 776 valence electrons. The summed E-state index contributed by atoms with van der Waals surface area (Å²) in [4.78, 5) is 0. The van der Waals surface area contributed by atoms with E-state index >= 15 is 0 Å². The Morgan fingerprint density at radius 3 is 0.346 bits per heavy atom. The SMILES string of the molecule is OC[C@H]1O[C@H](O[C@H]2[C@H](O)[C@@H](O)[C@@H](O[C@H]3[C@H](O)[C@@H](O)[C@@H](O[C@H]4[C@H](O)[C@@H](O)[C@@H](O[C@H]5[C@H](O)[C@@H](O)[C@@H](O[C@H]6[C@H](O)[C@@H](O)[C@@H](O[C@H]7[C@H](O)[C@@H](O)[C@@H](O[C@H]8[C@H](O)[C@@H](O)[C@@H](O[C@H]9[C@H](O)[C@@H](O)[C@@H](O[C@H]%10[C@H](O)[C@@H](O)[C@@H](O[C@H]%11[C@H](O)[C@@H](O)[C@@H](O[C@H]%12[C@H](O)[C@@H](O)[C@@H](O)O[C@@H]%12CO)O[C@@H]%11CO)O[C@@H]%10CO)O[C@@H]9CO)O[C@@H]8CO)O[C@@H]7CO)O[C@@H]6CO)O[C@@H]5CO)O[C@@H]4CO)O[C@@H]3CO)O[C@@H]2CO)[C@H](O)[C@@H](O)[C@@H]1O. The Kier molecular flexibility index (Phi) is 39.0. The monoisotopic (exact) mass is 1960 g/mol. The molecule has 0 aromatic rings. The van der Waals surface area contributed by atoms with Gasteiger partial charge in [0.15, 0.2) is 75.5 Å². The van der Waals surface area contributed by atoms with E-state index in [0.717, 1.165) is 0 Å². The summed E-state index contributed by atoms with van der Waals surface area (Å²) >= 11 is 0. The lowest BCUT2D eigenvalue weighted by Crippen LogP contribution is -2.69. The molecule has 12 aliphatic heterocycles. The molecule has 0 spiro atoms. The largest absolute Gasteiger partial charge is 0.394 e. The number of hydrogen-bond donors (Lipinski definition) is 38. The molecule has 0 amide bonds. The standard InChI is InChI=1S/C72H122O61/c73-1-13-25(85)26(86)39(99)62(112-13)124-51-15(3-75)114-64(41(101)28(51)88)126-53-17(5-77)116-66(43(103)30(53)90)128-55-19(7-79)118-68(45(105)32(55)92)130-57-21(9-81)120-70(47(107)34(57)94)132-59-23(11-83)122-72(49(109)36(59)96)133-60-24(12-84)121-71(48(108)37(60)97)131-58-22(10-82)119-69(46(106)35(58)95)129-56-20(8-80)117-67(44(104)33(56)93)127-54-18(6-78)115-65(42(102)31(54)91)125-52-16(4-76)113-63(40(100)29(52)89)123-50-14(2-74)111-61(110)38(98)27(50)87/h13-110H,1-12H2/t13-,14-,15-,16-,17-,18-,19-,20-,21-,22-,23-,24-,25-,26+,27-,28-,29-,30-,31-,32-,33-,34-,35-,36-,37-,38-,39-,40-,41-,42-,43-,44-,45-,46-,47-,48-,49-,50-,51-,52-,53-,54-,55-,56-,57-,58-,59-,60-,61+,62-,63-,64-,65-,66-,67-,68-,69-,70-,71-,72-/m1/s1. The molecule has 12 fully saturated rings. The number of ether oxygens (including phenoxy) is 23. The van der Waals surface area contributed by atoms with Crippen molar-refractivity contribution in [2.75, 3.05) is 79.3 Å². The zero-order valence-electron chi connectivity index (χ0n) is 69.5. The Labute approximate surface area is 748 Å². The van der Waals surface area contributed by atoms with Crippen LogP contribution in [0, 0.1) is 0 Å². The Morgan fingerprint density at radius 2 is 0.218 bits per heavy atom. The summed E-state index contributed by atoms with van der Waals surface area (Å²) in [5.41, 5.74) is 0. The van der Waals surface area contributed by atoms with Crippen molar-refractivity contribution in [2.45, 2.75) is 368 Å². The van der Waals surface area contributed by atoms with Gasteiger partial charge >= 0.3 is 0 Å². The second-order valence-electron chi connectivity index (χ2n) is 33.6. The van der Waals surface area contributed by atoms with Crippen LogP contribution in [-0.2, 0) is 109 Å². The normalized spacial score (nSPS) is 53.8. The van der Waals surface area contributed by atoms with Gasteiger partial charge in [0, 0.05) is 0 Å². The fourth-order valence-electron chi connectivity index (χ4n) is 17.4. The van der Waals surface area contributed by atoms with Crippen molar-refractivity contribution in [3.63, 3.8) is 0 Å². The van der Waals surface area contributed by atoms with Gasteiger partial charge in [-0.1, -0.05) is 0 Å². The van der Waals surface area contributed by atoms with Crippen molar-refractivity contribution in [1.29, 1.82) is 0 Å².